The van der Waals surface area contributed by atoms with Crippen molar-refractivity contribution in [2.75, 3.05) is 25.6 Å². The summed E-state index contributed by atoms with van der Waals surface area (Å²) in [6.45, 7) is 0.736. The molecule has 0 saturated carbocycles. The predicted octanol–water partition coefficient (Wildman–Crippen LogP) is 4.94. The molecule has 2 aromatic rings. The van der Waals surface area contributed by atoms with Crippen LogP contribution in [0.2, 0.25) is 5.02 Å². The molecule has 0 aliphatic carbocycles. The van der Waals surface area contributed by atoms with Gasteiger partial charge in [-0.2, -0.15) is 13.2 Å². The third kappa shape index (κ3) is 5.96. The number of anilines is 1. The van der Waals surface area contributed by atoms with E-state index in [1.165, 1.54) is 37.4 Å². The van der Waals surface area contributed by atoms with Gasteiger partial charge in [0.1, 0.15) is 5.75 Å². The van der Waals surface area contributed by atoms with Gasteiger partial charge in [0.2, 0.25) is 0 Å². The van der Waals surface area contributed by atoms with Crippen LogP contribution in [-0.2, 0) is 0 Å². The summed E-state index contributed by atoms with van der Waals surface area (Å²) < 4.78 is 52.5. The largest absolute Gasteiger partial charge is 0.493 e. The average Bonchev–Trinajstić information content (AvgIpc) is 2.60. The third-order valence-electron chi connectivity index (χ3n) is 3.31. The van der Waals surface area contributed by atoms with Crippen molar-refractivity contribution in [3.63, 3.8) is 0 Å². The predicted molar refractivity (Wildman–Crippen MR) is 95.1 cm³/mol. The van der Waals surface area contributed by atoms with Gasteiger partial charge >= 0.3 is 6.18 Å². The van der Waals surface area contributed by atoms with Gasteiger partial charge in [0, 0.05) is 10.6 Å². The molecule has 0 radical (unpaired) electrons. The van der Waals surface area contributed by atoms with Crippen LogP contribution in [-0.4, -0.2) is 32.4 Å². The molecule has 5 nitrogen and oxygen atoms in total. The SMILES string of the molecule is CCOc1ccc(C(=O)Nc2cc(Cl)ccc2OCC(F)(F)F)cc1OC. The lowest BCUT2D eigenvalue weighted by Crippen LogP contribution is -2.20. The monoisotopic (exact) mass is 403 g/mol. The lowest BCUT2D eigenvalue weighted by molar-refractivity contribution is -0.153. The Morgan fingerprint density at radius 2 is 1.78 bits per heavy atom. The summed E-state index contributed by atoms with van der Waals surface area (Å²) >= 11 is 5.87. The van der Waals surface area contributed by atoms with Crippen molar-refractivity contribution >= 4 is 23.2 Å². The van der Waals surface area contributed by atoms with Crippen molar-refractivity contribution in [3.8, 4) is 17.2 Å². The van der Waals surface area contributed by atoms with Crippen molar-refractivity contribution in [1.82, 2.24) is 0 Å². The lowest BCUT2D eigenvalue weighted by atomic mass is 10.1. The lowest BCUT2D eigenvalue weighted by Gasteiger charge is -2.15. The summed E-state index contributed by atoms with van der Waals surface area (Å²) in [5.74, 6) is 0.0936. The number of alkyl halides is 3. The van der Waals surface area contributed by atoms with Crippen LogP contribution >= 0.6 is 11.6 Å². The number of hydrogen-bond acceptors (Lipinski definition) is 4. The number of rotatable bonds is 7. The molecule has 0 aromatic heterocycles. The van der Waals surface area contributed by atoms with Crippen molar-refractivity contribution in [2.24, 2.45) is 0 Å². The van der Waals surface area contributed by atoms with Crippen LogP contribution in [0, 0.1) is 0 Å². The molecule has 1 amide bonds. The van der Waals surface area contributed by atoms with E-state index < -0.39 is 18.7 Å². The maximum atomic E-state index is 12.5. The van der Waals surface area contributed by atoms with Crippen molar-refractivity contribution in [2.45, 2.75) is 13.1 Å². The highest BCUT2D eigenvalue weighted by atomic mass is 35.5. The number of methoxy groups -OCH3 is 1. The van der Waals surface area contributed by atoms with E-state index in [4.69, 9.17) is 25.8 Å². The van der Waals surface area contributed by atoms with E-state index in [1.807, 2.05) is 6.92 Å². The van der Waals surface area contributed by atoms with Gasteiger partial charge in [-0.3, -0.25) is 4.79 Å². The first-order chi connectivity index (χ1) is 12.7. The highest BCUT2D eigenvalue weighted by Gasteiger charge is 2.29. The van der Waals surface area contributed by atoms with Gasteiger partial charge in [-0.05, 0) is 43.3 Å². The molecule has 0 unspecified atom stereocenters. The van der Waals surface area contributed by atoms with Gasteiger partial charge in [-0.15, -0.1) is 0 Å². The Morgan fingerprint density at radius 1 is 1.07 bits per heavy atom. The number of halogens is 4. The number of hydrogen-bond donors (Lipinski definition) is 1. The van der Waals surface area contributed by atoms with E-state index in [2.05, 4.69) is 5.32 Å². The third-order valence-corrected chi connectivity index (χ3v) is 3.54. The number of ether oxygens (including phenoxy) is 3. The normalized spacial score (nSPS) is 11.0. The van der Waals surface area contributed by atoms with Crippen molar-refractivity contribution in [3.05, 3.63) is 47.0 Å². The van der Waals surface area contributed by atoms with Crippen LogP contribution in [0.4, 0.5) is 18.9 Å². The Kier molecular flexibility index (Phi) is 6.79. The van der Waals surface area contributed by atoms with Crippen LogP contribution in [0.15, 0.2) is 36.4 Å². The minimum absolute atomic E-state index is 0.0181. The van der Waals surface area contributed by atoms with Crippen LogP contribution < -0.4 is 19.5 Å². The minimum Gasteiger partial charge on any atom is -0.493 e. The zero-order valence-corrected chi connectivity index (χ0v) is 15.3. The maximum Gasteiger partial charge on any atom is 0.422 e. The number of carbonyl (C=O) groups is 1. The molecule has 0 fully saturated rings. The fourth-order valence-electron chi connectivity index (χ4n) is 2.16. The second-order valence-corrected chi connectivity index (χ2v) is 5.73. The molecule has 0 spiro atoms. The van der Waals surface area contributed by atoms with Crippen molar-refractivity contribution < 1.29 is 32.2 Å². The van der Waals surface area contributed by atoms with Crippen LogP contribution in [0.3, 0.4) is 0 Å². The molecule has 0 aliphatic rings. The Bertz CT molecular complexity index is 812. The first-order valence-electron chi connectivity index (χ1n) is 7.84. The van der Waals surface area contributed by atoms with E-state index in [0.717, 1.165) is 0 Å². The zero-order chi connectivity index (χ0) is 20.0. The Morgan fingerprint density at radius 3 is 2.41 bits per heavy atom. The molecule has 27 heavy (non-hydrogen) atoms. The van der Waals surface area contributed by atoms with Crippen LogP contribution in [0.1, 0.15) is 17.3 Å². The summed E-state index contributed by atoms with van der Waals surface area (Å²) in [6.07, 6.45) is -4.51. The van der Waals surface area contributed by atoms with Gasteiger partial charge in [0.25, 0.3) is 5.91 Å². The van der Waals surface area contributed by atoms with Crippen LogP contribution in [0.5, 0.6) is 17.2 Å². The molecule has 0 heterocycles. The summed E-state index contributed by atoms with van der Waals surface area (Å²) in [7, 11) is 1.43. The minimum atomic E-state index is -4.51. The number of nitrogens with one attached hydrogen (secondary N) is 1. The molecule has 0 aliphatic heterocycles. The fourth-order valence-corrected chi connectivity index (χ4v) is 2.34. The Labute approximate surface area is 159 Å². The van der Waals surface area contributed by atoms with Gasteiger partial charge in [0.15, 0.2) is 18.1 Å². The summed E-state index contributed by atoms with van der Waals surface area (Å²) in [5, 5.41) is 2.73. The summed E-state index contributed by atoms with van der Waals surface area (Å²) in [6, 6.07) is 8.45. The van der Waals surface area contributed by atoms with Crippen molar-refractivity contribution in [1.29, 1.82) is 0 Å². The summed E-state index contributed by atoms with van der Waals surface area (Å²) in [4.78, 5) is 12.5. The molecular formula is C18H17ClF3NO4. The fraction of sp³-hybridized carbons (Fsp3) is 0.278. The molecule has 0 saturated heterocycles. The first-order valence-corrected chi connectivity index (χ1v) is 8.22. The van der Waals surface area contributed by atoms with Gasteiger partial charge < -0.3 is 19.5 Å². The van der Waals surface area contributed by atoms with E-state index >= 15 is 0 Å². The molecule has 1 N–H and O–H groups in total. The quantitative estimate of drug-likeness (QED) is 0.711. The average molecular weight is 404 g/mol. The number of benzene rings is 2. The molecule has 0 bridgehead atoms. The van der Waals surface area contributed by atoms with Gasteiger partial charge in [0.05, 0.1) is 19.4 Å². The molecule has 146 valence electrons. The number of carbonyl (C=O) groups excluding carboxylic acids is 1. The standard InChI is InChI=1S/C18H17ClF3NO4/c1-3-26-15-6-4-11(8-16(15)25-2)17(24)23-13-9-12(19)5-7-14(13)27-10-18(20,21)22/h4-9H,3,10H2,1-2H3,(H,23,24). The molecule has 2 aromatic carbocycles. The number of amides is 1. The Hall–Kier alpha value is -2.61. The maximum absolute atomic E-state index is 12.5. The Balaban J connectivity index is 2.23. The van der Waals surface area contributed by atoms with E-state index in [9.17, 15) is 18.0 Å². The summed E-state index contributed by atoms with van der Waals surface area (Å²) in [5.41, 5.74) is 0.238. The van der Waals surface area contributed by atoms with E-state index in [-0.39, 0.29) is 22.0 Å². The smallest absolute Gasteiger partial charge is 0.422 e. The topological polar surface area (TPSA) is 56.8 Å². The highest BCUT2D eigenvalue weighted by molar-refractivity contribution is 6.31. The van der Waals surface area contributed by atoms with Gasteiger partial charge in [-0.1, -0.05) is 11.6 Å². The second kappa shape index (κ2) is 8.85. The highest BCUT2D eigenvalue weighted by Crippen LogP contribution is 2.32. The van der Waals surface area contributed by atoms with Crippen LogP contribution in [0.25, 0.3) is 0 Å². The van der Waals surface area contributed by atoms with E-state index in [1.54, 1.807) is 6.07 Å². The first kappa shape index (κ1) is 20.7. The molecule has 0 atom stereocenters. The molecule has 9 heteroatoms. The molecular weight excluding hydrogens is 387 g/mol. The zero-order valence-electron chi connectivity index (χ0n) is 14.5. The second-order valence-electron chi connectivity index (χ2n) is 5.30. The van der Waals surface area contributed by atoms with E-state index in [0.29, 0.717) is 18.1 Å². The van der Waals surface area contributed by atoms with Gasteiger partial charge in [-0.25, -0.2) is 0 Å². The molecule has 2 rings (SSSR count).